The van der Waals surface area contributed by atoms with Gasteiger partial charge in [0.1, 0.15) is 11.6 Å². The van der Waals surface area contributed by atoms with Gasteiger partial charge >= 0.3 is 0 Å². The number of aromatic nitrogens is 3. The second-order valence-electron chi connectivity index (χ2n) is 6.84. The third-order valence-electron chi connectivity index (χ3n) is 5.04. The Morgan fingerprint density at radius 1 is 1.19 bits per heavy atom. The number of hydrogen-bond donors (Lipinski definition) is 2. The average molecular weight is 382 g/mol. The van der Waals surface area contributed by atoms with Gasteiger partial charge in [-0.25, -0.2) is 9.97 Å². The minimum atomic E-state index is -0.298. The molecule has 1 atom stereocenters. The van der Waals surface area contributed by atoms with Crippen molar-refractivity contribution >= 4 is 40.2 Å². The molecule has 3 aromatic rings. The molecule has 0 saturated carbocycles. The maximum Gasteiger partial charge on any atom is 0.244 e. The van der Waals surface area contributed by atoms with E-state index in [4.69, 9.17) is 11.5 Å². The molecular formula is C20H23N5OS. The second-order valence-corrected chi connectivity index (χ2v) is 8.01. The number of benzene rings is 1. The lowest BCUT2D eigenvalue weighted by Gasteiger charge is -2.19. The molecule has 27 heavy (non-hydrogen) atoms. The molecule has 1 aliphatic rings. The van der Waals surface area contributed by atoms with Crippen molar-refractivity contribution < 1.29 is 4.79 Å². The van der Waals surface area contributed by atoms with E-state index in [2.05, 4.69) is 16.0 Å². The first kappa shape index (κ1) is 17.9. The number of aryl methyl sites for hydroxylation is 1. The summed E-state index contributed by atoms with van der Waals surface area (Å²) in [6, 6.07) is 9.72. The first-order valence-corrected chi connectivity index (χ1v) is 10.2. The van der Waals surface area contributed by atoms with E-state index in [-0.39, 0.29) is 11.2 Å². The summed E-state index contributed by atoms with van der Waals surface area (Å²) in [5.74, 6) is 0.707. The van der Waals surface area contributed by atoms with Crippen molar-refractivity contribution in [1.29, 1.82) is 0 Å². The minimum absolute atomic E-state index is 0.0754. The van der Waals surface area contributed by atoms with E-state index < -0.39 is 0 Å². The number of thioether (sulfide) groups is 1. The highest BCUT2D eigenvalue weighted by molar-refractivity contribution is 8.00. The van der Waals surface area contributed by atoms with Crippen LogP contribution in [0, 0.1) is 0 Å². The smallest absolute Gasteiger partial charge is 0.244 e. The summed E-state index contributed by atoms with van der Waals surface area (Å²) in [5, 5.41) is 1.34. The van der Waals surface area contributed by atoms with E-state index in [1.807, 2.05) is 29.7 Å². The third kappa shape index (κ3) is 3.27. The van der Waals surface area contributed by atoms with E-state index in [1.165, 1.54) is 40.9 Å². The van der Waals surface area contributed by atoms with Gasteiger partial charge in [-0.2, -0.15) is 0 Å². The Morgan fingerprint density at radius 2 is 1.89 bits per heavy atom. The second kappa shape index (κ2) is 7.23. The van der Waals surface area contributed by atoms with E-state index in [0.29, 0.717) is 23.2 Å². The van der Waals surface area contributed by atoms with Gasteiger partial charge in [-0.1, -0.05) is 36.9 Å². The number of hydrogen-bond acceptors (Lipinski definition) is 6. The lowest BCUT2D eigenvalue weighted by molar-refractivity contribution is 0.0910. The van der Waals surface area contributed by atoms with Gasteiger partial charge in [0.2, 0.25) is 5.91 Å². The molecule has 140 valence electrons. The van der Waals surface area contributed by atoms with Crippen LogP contribution in [0.25, 0.3) is 10.9 Å². The van der Waals surface area contributed by atoms with Crippen molar-refractivity contribution in [3.8, 4) is 0 Å². The maximum absolute atomic E-state index is 13.5. The van der Waals surface area contributed by atoms with E-state index >= 15 is 0 Å². The fraction of sp³-hybridized carbons (Fsp3) is 0.350. The average Bonchev–Trinajstić information content (AvgIpc) is 2.99. The molecule has 0 amide bonds. The van der Waals surface area contributed by atoms with Gasteiger partial charge in [0, 0.05) is 17.1 Å². The first-order chi connectivity index (χ1) is 13.1. The van der Waals surface area contributed by atoms with E-state index in [0.717, 1.165) is 24.8 Å². The van der Waals surface area contributed by atoms with Crippen molar-refractivity contribution in [3.63, 3.8) is 0 Å². The Bertz CT molecular complexity index is 993. The molecular weight excluding hydrogens is 358 g/mol. The number of nitrogens with zero attached hydrogens (tertiary/aromatic N) is 3. The normalized spacial score (nSPS) is 14.9. The van der Waals surface area contributed by atoms with Crippen LogP contribution in [0.2, 0.25) is 0 Å². The largest absolute Gasteiger partial charge is 0.383 e. The molecule has 0 bridgehead atoms. The molecule has 7 heteroatoms. The highest BCUT2D eigenvalue weighted by Gasteiger charge is 2.28. The standard InChI is InChI=1S/C20H23N5OS/c1-2-16(27-20-23-17(21)11-18(22)24-20)19(26)25-14-9-5-3-7-12(14)13-8-4-6-10-15(13)25/h3,5,7,9,11,16H,2,4,6,8,10H2,1H3,(H4,21,22,23,24). The summed E-state index contributed by atoms with van der Waals surface area (Å²) >= 11 is 1.33. The summed E-state index contributed by atoms with van der Waals surface area (Å²) in [4.78, 5) is 22.0. The summed E-state index contributed by atoms with van der Waals surface area (Å²) < 4.78 is 1.93. The summed E-state index contributed by atoms with van der Waals surface area (Å²) in [6.45, 7) is 2.00. The molecule has 1 aromatic carbocycles. The Balaban J connectivity index is 1.75. The number of carbonyl (C=O) groups is 1. The van der Waals surface area contributed by atoms with Crippen molar-refractivity contribution in [3.05, 3.63) is 41.6 Å². The Labute approximate surface area is 162 Å². The van der Waals surface area contributed by atoms with Gasteiger partial charge < -0.3 is 11.5 Å². The Hall–Kier alpha value is -2.54. The van der Waals surface area contributed by atoms with Crippen LogP contribution in [-0.2, 0) is 12.8 Å². The highest BCUT2D eigenvalue weighted by atomic mass is 32.2. The van der Waals surface area contributed by atoms with Crippen molar-refractivity contribution in [2.24, 2.45) is 0 Å². The predicted octanol–water partition coefficient (Wildman–Crippen LogP) is 3.69. The predicted molar refractivity (Wildman–Crippen MR) is 110 cm³/mol. The van der Waals surface area contributed by atoms with Crippen LogP contribution < -0.4 is 11.5 Å². The number of rotatable bonds is 4. The van der Waals surface area contributed by atoms with Crippen LogP contribution in [0.1, 0.15) is 42.2 Å². The quantitative estimate of drug-likeness (QED) is 0.528. The number of para-hydroxylation sites is 1. The molecule has 0 spiro atoms. The number of fused-ring (bicyclic) bond motifs is 3. The molecule has 4 rings (SSSR count). The van der Waals surface area contributed by atoms with Gasteiger partial charge in [-0.3, -0.25) is 9.36 Å². The van der Waals surface area contributed by atoms with Crippen LogP contribution in [0.3, 0.4) is 0 Å². The lowest BCUT2D eigenvalue weighted by Crippen LogP contribution is -2.26. The molecule has 1 aliphatic carbocycles. The molecule has 0 saturated heterocycles. The van der Waals surface area contributed by atoms with Crippen molar-refractivity contribution in [1.82, 2.24) is 14.5 Å². The van der Waals surface area contributed by atoms with Crippen LogP contribution in [-0.4, -0.2) is 25.7 Å². The molecule has 6 nitrogen and oxygen atoms in total. The summed E-state index contributed by atoms with van der Waals surface area (Å²) in [5.41, 5.74) is 15.1. The molecule has 0 aliphatic heterocycles. The maximum atomic E-state index is 13.5. The number of carbonyl (C=O) groups excluding carboxylic acids is 1. The number of anilines is 2. The first-order valence-electron chi connectivity index (χ1n) is 9.30. The van der Waals surface area contributed by atoms with Gasteiger partial charge in [-0.05, 0) is 43.7 Å². The minimum Gasteiger partial charge on any atom is -0.383 e. The van der Waals surface area contributed by atoms with Gasteiger partial charge in [0.15, 0.2) is 5.16 Å². The van der Waals surface area contributed by atoms with Gasteiger partial charge in [0.05, 0.1) is 10.8 Å². The molecule has 0 radical (unpaired) electrons. The number of nitrogens with two attached hydrogens (primary N) is 2. The third-order valence-corrected chi connectivity index (χ3v) is 6.25. The van der Waals surface area contributed by atoms with E-state index in [9.17, 15) is 4.79 Å². The highest BCUT2D eigenvalue weighted by Crippen LogP contribution is 2.34. The zero-order valence-corrected chi connectivity index (χ0v) is 16.1. The topological polar surface area (TPSA) is 99.8 Å². The monoisotopic (exact) mass is 381 g/mol. The fourth-order valence-electron chi connectivity index (χ4n) is 3.84. The van der Waals surface area contributed by atoms with Gasteiger partial charge in [-0.15, -0.1) is 0 Å². The lowest BCUT2D eigenvalue weighted by atomic mass is 9.95. The molecule has 1 unspecified atom stereocenters. The Morgan fingerprint density at radius 3 is 2.63 bits per heavy atom. The molecule has 2 aromatic heterocycles. The molecule has 0 fully saturated rings. The fourth-order valence-corrected chi connectivity index (χ4v) is 4.79. The van der Waals surface area contributed by atoms with Crippen LogP contribution in [0.15, 0.2) is 35.5 Å². The molecule has 4 N–H and O–H groups in total. The number of nitrogen functional groups attached to an aromatic ring is 2. The molecule has 2 heterocycles. The van der Waals surface area contributed by atoms with Crippen molar-refractivity contribution in [2.75, 3.05) is 11.5 Å². The van der Waals surface area contributed by atoms with Crippen LogP contribution in [0.5, 0.6) is 0 Å². The van der Waals surface area contributed by atoms with Gasteiger partial charge in [0.25, 0.3) is 0 Å². The SMILES string of the molecule is CCC(Sc1nc(N)cc(N)n1)C(=O)n1c2c(c3ccccc31)CCCC2. The van der Waals surface area contributed by atoms with E-state index in [1.54, 1.807) is 0 Å². The Kier molecular flexibility index (Phi) is 4.78. The zero-order chi connectivity index (χ0) is 19.0. The van der Waals surface area contributed by atoms with Crippen LogP contribution >= 0.6 is 11.8 Å². The van der Waals surface area contributed by atoms with Crippen LogP contribution in [0.4, 0.5) is 11.6 Å². The van der Waals surface area contributed by atoms with Crippen molar-refractivity contribution in [2.45, 2.75) is 49.4 Å². The summed E-state index contributed by atoms with van der Waals surface area (Å²) in [7, 11) is 0. The zero-order valence-electron chi connectivity index (χ0n) is 15.3. The summed E-state index contributed by atoms with van der Waals surface area (Å²) in [6.07, 6.45) is 4.95.